The van der Waals surface area contributed by atoms with Gasteiger partial charge in [-0.1, -0.05) is 18.2 Å². The lowest BCUT2D eigenvalue weighted by Gasteiger charge is -2.26. The molecule has 1 saturated heterocycles. The molecule has 0 spiro atoms. The molecule has 17 heteroatoms. The molecule has 1 aliphatic heterocycles. The summed E-state index contributed by atoms with van der Waals surface area (Å²) in [7, 11) is -0.913. The van der Waals surface area contributed by atoms with Crippen molar-refractivity contribution in [1.82, 2.24) is 24.6 Å². The average molecular weight is 681 g/mol. The van der Waals surface area contributed by atoms with Gasteiger partial charge in [-0.25, -0.2) is 23.9 Å². The number of hydrogen-bond acceptors (Lipinski definition) is 13. The first-order valence-corrected chi connectivity index (χ1v) is 16.6. The molecule has 0 bridgehead atoms. The van der Waals surface area contributed by atoms with Gasteiger partial charge in [-0.15, -0.1) is 0 Å². The molecular weight excluding hydrogens is 638 g/mol. The molecule has 15 nitrogen and oxygen atoms in total. The highest BCUT2D eigenvalue weighted by atomic mass is 31.2. The number of esters is 1. The van der Waals surface area contributed by atoms with Crippen molar-refractivity contribution in [3.05, 3.63) is 42.0 Å². The third-order valence-electron chi connectivity index (χ3n) is 7.41. The van der Waals surface area contributed by atoms with Crippen LogP contribution in [-0.2, 0) is 34.6 Å². The van der Waals surface area contributed by atoms with Crippen molar-refractivity contribution in [2.75, 3.05) is 32.2 Å². The van der Waals surface area contributed by atoms with Crippen LogP contribution in [0.3, 0.4) is 0 Å². The van der Waals surface area contributed by atoms with Gasteiger partial charge in [-0.05, 0) is 52.7 Å². The van der Waals surface area contributed by atoms with Gasteiger partial charge in [0.25, 0.3) is 0 Å². The molecular formula is C30H42FN6O9P. The monoisotopic (exact) mass is 680 g/mol. The molecule has 2 aromatic heterocycles. The number of anilines is 1. The number of ketones is 1. The summed E-state index contributed by atoms with van der Waals surface area (Å²) >= 11 is 0. The number of aryl methyl sites for hydroxylation is 2. The van der Waals surface area contributed by atoms with Crippen molar-refractivity contribution in [1.29, 1.82) is 0 Å². The van der Waals surface area contributed by atoms with Gasteiger partial charge >= 0.3 is 13.7 Å². The Hall–Kier alpha value is -3.53. The fourth-order valence-electron chi connectivity index (χ4n) is 5.01. The Morgan fingerprint density at radius 3 is 2.60 bits per heavy atom. The van der Waals surface area contributed by atoms with Gasteiger partial charge in [0, 0.05) is 20.5 Å². The maximum atomic E-state index is 16.3. The molecule has 258 valence electrons. The zero-order chi connectivity index (χ0) is 34.7. The summed E-state index contributed by atoms with van der Waals surface area (Å²) in [6.45, 7) is 6.31. The summed E-state index contributed by atoms with van der Waals surface area (Å²) in [5.41, 5.74) is -1.21. The van der Waals surface area contributed by atoms with Gasteiger partial charge in [0.05, 0.1) is 19.0 Å². The van der Waals surface area contributed by atoms with E-state index in [2.05, 4.69) is 20.0 Å². The standard InChI is InChI=1S/C30H42FN6O9P/c1-17(2)44-28(41)18(3)35-47(42,46-22-11-9-8-10-20(22)12-13-21(39)14-38)43-15-23-25(40)30(5,31)29(45-23)37-16-32-24-26(36(6)7)33-19(4)34-27(24)37/h8-11,16-18,23,25,29,38,40H,12-15H2,1-7H3,(H,35,42)/t18-,23+,25+,29+,30+,47?/m0/s1. The lowest BCUT2D eigenvalue weighted by atomic mass is 9.98. The number of aromatic nitrogens is 4. The minimum absolute atomic E-state index is 0.00539. The number of hydrogen-bond donors (Lipinski definition) is 3. The highest BCUT2D eigenvalue weighted by Crippen LogP contribution is 2.49. The van der Waals surface area contributed by atoms with E-state index >= 15 is 4.39 Å². The van der Waals surface area contributed by atoms with Crippen LogP contribution in [-0.4, -0.2) is 98.8 Å². The zero-order valence-corrected chi connectivity index (χ0v) is 28.3. The molecule has 0 amide bonds. The topological polar surface area (TPSA) is 187 Å². The van der Waals surface area contributed by atoms with Gasteiger partial charge in [0.2, 0.25) is 0 Å². The number of fused-ring (bicyclic) bond motifs is 1. The number of para-hydroxylation sites is 1. The van der Waals surface area contributed by atoms with Gasteiger partial charge < -0.3 is 29.1 Å². The molecule has 0 saturated carbocycles. The highest BCUT2D eigenvalue weighted by Gasteiger charge is 2.56. The van der Waals surface area contributed by atoms with E-state index in [-0.39, 0.29) is 24.2 Å². The lowest BCUT2D eigenvalue weighted by Crippen LogP contribution is -2.41. The van der Waals surface area contributed by atoms with Crippen LogP contribution in [0.5, 0.6) is 5.75 Å². The van der Waals surface area contributed by atoms with E-state index in [1.807, 2.05) is 0 Å². The minimum atomic E-state index is -4.48. The second kappa shape index (κ2) is 14.7. The largest absolute Gasteiger partial charge is 0.462 e. The molecule has 47 heavy (non-hydrogen) atoms. The summed E-state index contributed by atoms with van der Waals surface area (Å²) in [6.07, 6.45) is -3.47. The van der Waals surface area contributed by atoms with E-state index < -0.39 is 69.0 Å². The number of alkyl halides is 1. The predicted molar refractivity (Wildman–Crippen MR) is 169 cm³/mol. The molecule has 3 heterocycles. The number of benzene rings is 1. The van der Waals surface area contributed by atoms with Crippen LogP contribution in [0.2, 0.25) is 0 Å². The number of ether oxygens (including phenoxy) is 2. The Morgan fingerprint density at radius 2 is 1.94 bits per heavy atom. The molecule has 0 aliphatic carbocycles. The molecule has 3 N–H and O–H groups in total. The molecule has 1 aliphatic rings. The van der Waals surface area contributed by atoms with Crippen LogP contribution in [0.1, 0.15) is 51.7 Å². The van der Waals surface area contributed by atoms with E-state index in [0.717, 1.165) is 6.92 Å². The number of imidazole rings is 1. The Kier molecular flexibility index (Phi) is 11.4. The number of rotatable bonds is 15. The molecule has 1 aromatic carbocycles. The quantitative estimate of drug-likeness (QED) is 0.157. The Labute approximate surface area is 272 Å². The fraction of sp³-hybridized carbons (Fsp3) is 0.567. The van der Waals surface area contributed by atoms with Crippen molar-refractivity contribution in [3.8, 4) is 5.75 Å². The van der Waals surface area contributed by atoms with E-state index in [9.17, 15) is 19.3 Å². The van der Waals surface area contributed by atoms with Gasteiger partial charge in [0.1, 0.15) is 36.4 Å². The normalized spacial score (nSPS) is 23.1. The zero-order valence-electron chi connectivity index (χ0n) is 27.4. The number of halogens is 1. The molecule has 1 unspecified atom stereocenters. The summed E-state index contributed by atoms with van der Waals surface area (Å²) < 4.78 is 54.6. The number of nitrogens with one attached hydrogen (secondary N) is 1. The second-order valence-electron chi connectivity index (χ2n) is 12.0. The van der Waals surface area contributed by atoms with E-state index in [1.54, 1.807) is 58.0 Å². The van der Waals surface area contributed by atoms with Crippen LogP contribution >= 0.6 is 7.75 Å². The number of nitrogens with zero attached hydrogens (tertiary/aromatic N) is 5. The van der Waals surface area contributed by atoms with Crippen LogP contribution in [0.15, 0.2) is 30.6 Å². The lowest BCUT2D eigenvalue weighted by molar-refractivity contribution is -0.149. The first kappa shape index (κ1) is 36.3. The Morgan fingerprint density at radius 1 is 1.23 bits per heavy atom. The van der Waals surface area contributed by atoms with Crippen molar-refractivity contribution >= 4 is 36.5 Å². The Balaban J connectivity index is 1.61. The minimum Gasteiger partial charge on any atom is -0.462 e. The van der Waals surface area contributed by atoms with Crippen LogP contribution in [0, 0.1) is 6.92 Å². The molecule has 1 fully saturated rings. The van der Waals surface area contributed by atoms with Crippen molar-refractivity contribution in [3.63, 3.8) is 0 Å². The maximum absolute atomic E-state index is 16.3. The van der Waals surface area contributed by atoms with Crippen molar-refractivity contribution in [2.45, 2.75) is 83.7 Å². The third kappa shape index (κ3) is 8.31. The number of aliphatic hydroxyl groups is 2. The van der Waals surface area contributed by atoms with Gasteiger partial charge in [-0.2, -0.15) is 5.09 Å². The number of Topliss-reactive ketones (excluding diaryl/α,β-unsaturated/α-hetero) is 1. The summed E-state index contributed by atoms with van der Waals surface area (Å²) in [6, 6.07) is 5.27. The van der Waals surface area contributed by atoms with E-state index in [1.165, 1.54) is 23.9 Å². The number of aliphatic hydroxyl groups excluding tert-OH is 2. The Bertz CT molecular complexity index is 1630. The van der Waals surface area contributed by atoms with E-state index in [0.29, 0.717) is 22.7 Å². The number of carbonyl (C=O) groups excluding carboxylic acids is 2. The van der Waals surface area contributed by atoms with Crippen molar-refractivity contribution in [2.24, 2.45) is 0 Å². The average Bonchev–Trinajstić information content (AvgIpc) is 3.51. The van der Waals surface area contributed by atoms with Gasteiger partial charge in [0.15, 0.2) is 34.7 Å². The highest BCUT2D eigenvalue weighted by molar-refractivity contribution is 7.52. The molecule has 0 radical (unpaired) electrons. The first-order chi connectivity index (χ1) is 22.1. The van der Waals surface area contributed by atoms with Crippen LogP contribution < -0.4 is 14.5 Å². The smallest absolute Gasteiger partial charge is 0.459 e. The van der Waals surface area contributed by atoms with Crippen molar-refractivity contribution < 1.29 is 47.3 Å². The maximum Gasteiger partial charge on any atom is 0.459 e. The summed E-state index contributed by atoms with van der Waals surface area (Å²) in [4.78, 5) is 39.3. The number of carbonyl (C=O) groups is 2. The first-order valence-electron chi connectivity index (χ1n) is 15.1. The molecule has 4 rings (SSSR count). The predicted octanol–water partition coefficient (Wildman–Crippen LogP) is 2.81. The SMILES string of the molecule is Cc1nc(N(C)C)c2ncn([C@@H]3O[C@H](COP(=O)(N[C@@H](C)C(=O)OC(C)C)Oc4ccccc4CCC(=O)CO)[C@@H](O)[C@@]3(C)F)c2n1. The van der Waals surface area contributed by atoms with Gasteiger partial charge in [-0.3, -0.25) is 18.7 Å². The van der Waals surface area contributed by atoms with E-state index in [4.69, 9.17) is 23.6 Å². The summed E-state index contributed by atoms with van der Waals surface area (Å²) in [5.74, 6) is -0.123. The second-order valence-corrected chi connectivity index (χ2v) is 13.7. The molecule has 6 atom stereocenters. The third-order valence-corrected chi connectivity index (χ3v) is 9.04. The molecule has 3 aromatic rings. The fourth-order valence-corrected chi connectivity index (χ4v) is 6.55. The van der Waals surface area contributed by atoms with Crippen LogP contribution in [0.25, 0.3) is 11.2 Å². The summed E-state index contributed by atoms with van der Waals surface area (Å²) in [5, 5.41) is 22.7. The van der Waals surface area contributed by atoms with Crippen LogP contribution in [0.4, 0.5) is 10.2 Å².